The molecule has 2 rings (SSSR count). The third-order valence-electron chi connectivity index (χ3n) is 2.37. The van der Waals surface area contributed by atoms with Crippen LogP contribution >= 0.6 is 32.9 Å². The molecular formula is C11H11NOS3. The normalized spacial score (nSPS) is 10.9. The summed E-state index contributed by atoms with van der Waals surface area (Å²) in [5.41, 5.74) is 2.12. The predicted octanol–water partition coefficient (Wildman–Crippen LogP) is 3.81. The molecule has 0 saturated heterocycles. The summed E-state index contributed by atoms with van der Waals surface area (Å²) in [6.45, 7) is 4.29. The van der Waals surface area contributed by atoms with Crippen LogP contribution < -0.4 is 4.87 Å². The van der Waals surface area contributed by atoms with Crippen LogP contribution in [-0.2, 0) is 0 Å². The van der Waals surface area contributed by atoms with Gasteiger partial charge in [-0.05, 0) is 56.5 Å². The molecule has 5 heteroatoms. The Hall–Kier alpha value is -0.780. The summed E-state index contributed by atoms with van der Waals surface area (Å²) >= 11 is 5.13. The van der Waals surface area contributed by atoms with Crippen LogP contribution in [0.15, 0.2) is 29.1 Å². The molecule has 0 amide bonds. The predicted molar refractivity (Wildman–Crippen MR) is 72.7 cm³/mol. The summed E-state index contributed by atoms with van der Waals surface area (Å²) in [7, 11) is 2.52. The van der Waals surface area contributed by atoms with Gasteiger partial charge in [0.25, 0.3) is 0 Å². The molecule has 84 valence electrons. The molecule has 0 unspecified atom stereocenters. The highest BCUT2D eigenvalue weighted by atomic mass is 32.9. The van der Waals surface area contributed by atoms with Crippen molar-refractivity contribution in [2.45, 2.75) is 19.8 Å². The molecule has 0 bridgehead atoms. The molecule has 1 aromatic carbocycles. The van der Waals surface area contributed by atoms with Crippen molar-refractivity contribution in [2.24, 2.45) is 0 Å². The van der Waals surface area contributed by atoms with Crippen LogP contribution in [0.2, 0.25) is 0 Å². The second kappa shape index (κ2) is 4.61. The summed E-state index contributed by atoms with van der Waals surface area (Å²) in [5.74, 6) is 0.499. The Bertz CT molecular complexity index is 561. The van der Waals surface area contributed by atoms with Crippen molar-refractivity contribution in [3.05, 3.63) is 43.5 Å². The Morgan fingerprint density at radius 2 is 1.81 bits per heavy atom. The van der Waals surface area contributed by atoms with E-state index in [4.69, 9.17) is 12.2 Å². The fourth-order valence-corrected chi connectivity index (χ4v) is 3.60. The molecule has 2 nitrogen and oxygen atoms in total. The molecule has 0 fully saturated rings. The molecule has 0 radical (unpaired) electrons. The van der Waals surface area contributed by atoms with Gasteiger partial charge < -0.3 is 0 Å². The zero-order valence-corrected chi connectivity index (χ0v) is 11.4. The van der Waals surface area contributed by atoms with Crippen LogP contribution in [-0.4, -0.2) is 4.57 Å². The molecule has 1 heterocycles. The van der Waals surface area contributed by atoms with Crippen LogP contribution in [0, 0.1) is 3.95 Å². The number of hydrogen-bond acceptors (Lipinski definition) is 4. The molecule has 0 aliphatic heterocycles. The standard InChI is InChI=1S/C11H11NOS3/c1-7(2)8-3-5-9(6-4-8)12-10(13)15-16-11(12)14/h3-7H,1-2H3. The third kappa shape index (κ3) is 2.16. The largest absolute Gasteiger partial charge is 0.323 e. The highest BCUT2D eigenvalue weighted by Gasteiger charge is 2.05. The first kappa shape index (κ1) is 11.7. The molecule has 1 aromatic heterocycles. The summed E-state index contributed by atoms with van der Waals surface area (Å²) in [6.07, 6.45) is 0. The van der Waals surface area contributed by atoms with Gasteiger partial charge in [-0.3, -0.25) is 4.79 Å². The topological polar surface area (TPSA) is 22.0 Å². The van der Waals surface area contributed by atoms with Crippen molar-refractivity contribution in [3.8, 4) is 5.69 Å². The van der Waals surface area contributed by atoms with E-state index in [9.17, 15) is 4.79 Å². The minimum absolute atomic E-state index is 0.00713. The van der Waals surface area contributed by atoms with E-state index in [1.807, 2.05) is 24.3 Å². The molecule has 0 saturated carbocycles. The number of hydrogen-bond donors (Lipinski definition) is 0. The lowest BCUT2D eigenvalue weighted by Gasteiger charge is -2.06. The number of nitrogens with zero attached hydrogens (tertiary/aromatic N) is 1. The first-order chi connectivity index (χ1) is 7.59. The maximum Gasteiger partial charge on any atom is 0.323 e. The zero-order valence-electron chi connectivity index (χ0n) is 8.97. The number of benzene rings is 1. The van der Waals surface area contributed by atoms with Gasteiger partial charge in [-0.1, -0.05) is 26.0 Å². The van der Waals surface area contributed by atoms with E-state index in [1.165, 1.54) is 26.2 Å². The monoisotopic (exact) mass is 269 g/mol. The summed E-state index contributed by atoms with van der Waals surface area (Å²) < 4.78 is 2.20. The molecule has 0 aliphatic carbocycles. The van der Waals surface area contributed by atoms with E-state index in [0.717, 1.165) is 5.69 Å². The summed E-state index contributed by atoms with van der Waals surface area (Å²) in [6, 6.07) is 7.99. The van der Waals surface area contributed by atoms with E-state index in [-0.39, 0.29) is 4.87 Å². The van der Waals surface area contributed by atoms with Crippen LogP contribution in [0.25, 0.3) is 5.69 Å². The minimum atomic E-state index is -0.00713. The second-order valence-corrected chi connectivity index (χ2v) is 6.49. The van der Waals surface area contributed by atoms with Gasteiger partial charge in [0, 0.05) is 0 Å². The summed E-state index contributed by atoms with van der Waals surface area (Å²) in [5, 5.41) is 0. The average molecular weight is 269 g/mol. The Labute approximate surface area is 106 Å². The van der Waals surface area contributed by atoms with Gasteiger partial charge in [-0.15, -0.1) is 0 Å². The van der Waals surface area contributed by atoms with Gasteiger partial charge in [-0.2, -0.15) is 0 Å². The third-order valence-corrected chi connectivity index (χ3v) is 5.00. The van der Waals surface area contributed by atoms with Crippen LogP contribution in [0.4, 0.5) is 0 Å². The van der Waals surface area contributed by atoms with Gasteiger partial charge in [0.15, 0.2) is 3.95 Å². The van der Waals surface area contributed by atoms with Crippen molar-refractivity contribution in [3.63, 3.8) is 0 Å². The van der Waals surface area contributed by atoms with Crippen molar-refractivity contribution in [1.29, 1.82) is 0 Å². The minimum Gasteiger partial charge on any atom is -0.255 e. The van der Waals surface area contributed by atoms with E-state index < -0.39 is 0 Å². The molecular weight excluding hydrogens is 258 g/mol. The Kier molecular flexibility index (Phi) is 3.37. The second-order valence-electron chi connectivity index (χ2n) is 3.78. The van der Waals surface area contributed by atoms with E-state index in [2.05, 4.69) is 13.8 Å². The fraction of sp³-hybridized carbons (Fsp3) is 0.273. The lowest BCUT2D eigenvalue weighted by atomic mass is 10.0. The molecule has 0 aliphatic rings. The number of rotatable bonds is 2. The smallest absolute Gasteiger partial charge is 0.255 e. The Balaban J connectivity index is 2.51. The summed E-state index contributed by atoms with van der Waals surface area (Å²) in [4.78, 5) is 11.6. The van der Waals surface area contributed by atoms with Gasteiger partial charge in [-0.25, -0.2) is 4.57 Å². The molecule has 2 aromatic rings. The maximum atomic E-state index is 11.6. The average Bonchev–Trinajstić information content (AvgIpc) is 2.59. The van der Waals surface area contributed by atoms with E-state index in [1.54, 1.807) is 4.57 Å². The number of aromatic nitrogens is 1. The first-order valence-corrected chi connectivity index (χ1v) is 7.48. The lowest BCUT2D eigenvalue weighted by molar-refractivity contribution is 0.864. The zero-order chi connectivity index (χ0) is 11.7. The molecule has 0 atom stereocenters. The van der Waals surface area contributed by atoms with Crippen molar-refractivity contribution in [2.75, 3.05) is 0 Å². The molecule has 0 N–H and O–H groups in total. The highest BCUT2D eigenvalue weighted by molar-refractivity contribution is 7.79. The Morgan fingerprint density at radius 1 is 1.19 bits per heavy atom. The van der Waals surface area contributed by atoms with Crippen molar-refractivity contribution in [1.82, 2.24) is 4.57 Å². The molecule has 0 spiro atoms. The fourth-order valence-electron chi connectivity index (χ4n) is 1.44. The lowest BCUT2D eigenvalue weighted by Crippen LogP contribution is -2.10. The van der Waals surface area contributed by atoms with Crippen LogP contribution in [0.3, 0.4) is 0 Å². The first-order valence-electron chi connectivity index (χ1n) is 4.92. The van der Waals surface area contributed by atoms with Gasteiger partial charge in [0.05, 0.1) is 5.69 Å². The SMILES string of the molecule is CC(C)c1ccc(-n2c(=O)ssc2=S)cc1. The van der Waals surface area contributed by atoms with Gasteiger partial charge in [0.2, 0.25) is 0 Å². The van der Waals surface area contributed by atoms with E-state index >= 15 is 0 Å². The van der Waals surface area contributed by atoms with E-state index in [0.29, 0.717) is 9.87 Å². The van der Waals surface area contributed by atoms with Gasteiger partial charge >= 0.3 is 4.87 Å². The highest BCUT2D eigenvalue weighted by Crippen LogP contribution is 2.17. The van der Waals surface area contributed by atoms with Gasteiger partial charge in [0.1, 0.15) is 0 Å². The van der Waals surface area contributed by atoms with Crippen LogP contribution in [0.1, 0.15) is 25.3 Å². The van der Waals surface area contributed by atoms with Crippen LogP contribution in [0.5, 0.6) is 0 Å². The van der Waals surface area contributed by atoms with Crippen molar-refractivity contribution >= 4 is 32.9 Å². The molecule has 16 heavy (non-hydrogen) atoms. The Morgan fingerprint density at radius 3 is 2.25 bits per heavy atom. The maximum absolute atomic E-state index is 11.6. The van der Waals surface area contributed by atoms with Crippen molar-refractivity contribution < 1.29 is 0 Å². The quantitative estimate of drug-likeness (QED) is 0.611.